The van der Waals surface area contributed by atoms with E-state index in [9.17, 15) is 4.79 Å². The van der Waals surface area contributed by atoms with Crippen molar-refractivity contribution < 1.29 is 14.3 Å². The van der Waals surface area contributed by atoms with Crippen LogP contribution in [0.1, 0.15) is 12.5 Å². The lowest BCUT2D eigenvalue weighted by molar-refractivity contribution is -0.118. The first kappa shape index (κ1) is 19.5. The van der Waals surface area contributed by atoms with Gasteiger partial charge in [0.25, 0.3) is 0 Å². The highest BCUT2D eigenvalue weighted by Gasteiger charge is 2.03. The van der Waals surface area contributed by atoms with E-state index in [1.807, 2.05) is 60.7 Å². The van der Waals surface area contributed by atoms with Crippen LogP contribution in [0, 0.1) is 0 Å². The molecule has 1 amide bonds. The molecule has 0 bridgehead atoms. The zero-order chi connectivity index (χ0) is 20.8. The van der Waals surface area contributed by atoms with Crippen LogP contribution in [0.15, 0.2) is 85.1 Å². The van der Waals surface area contributed by atoms with Gasteiger partial charge in [0.1, 0.15) is 17.2 Å². The van der Waals surface area contributed by atoms with Crippen molar-refractivity contribution in [1.82, 2.24) is 10.3 Å². The van der Waals surface area contributed by atoms with Gasteiger partial charge < -0.3 is 14.8 Å². The van der Waals surface area contributed by atoms with Crippen molar-refractivity contribution in [3.8, 4) is 23.1 Å². The molecule has 1 heterocycles. The molecule has 1 N–H and O–H groups in total. The van der Waals surface area contributed by atoms with E-state index in [1.165, 1.54) is 12.5 Å². The highest BCUT2D eigenvalue weighted by Crippen LogP contribution is 2.28. The van der Waals surface area contributed by atoms with Gasteiger partial charge in [-0.1, -0.05) is 30.3 Å². The lowest BCUT2D eigenvalue weighted by Crippen LogP contribution is -2.22. The molecule has 0 aliphatic rings. The molecular weight excluding hydrogens is 376 g/mol. The fourth-order valence-electron chi connectivity index (χ4n) is 3.12. The normalized spacial score (nSPS) is 10.6. The van der Waals surface area contributed by atoms with Crippen LogP contribution in [-0.4, -0.2) is 17.4 Å². The van der Waals surface area contributed by atoms with Gasteiger partial charge in [0.05, 0.1) is 0 Å². The number of hydrogen-bond donors (Lipinski definition) is 1. The zero-order valence-corrected chi connectivity index (χ0v) is 16.7. The monoisotopic (exact) mass is 398 g/mol. The molecule has 0 aliphatic carbocycles. The second-order valence-electron chi connectivity index (χ2n) is 6.92. The Morgan fingerprint density at radius 1 is 0.833 bits per heavy atom. The summed E-state index contributed by atoms with van der Waals surface area (Å²) in [6.07, 6.45) is 2.50. The number of pyridine rings is 1. The minimum absolute atomic E-state index is 0.00564. The molecule has 0 atom stereocenters. The maximum absolute atomic E-state index is 11.0. The van der Waals surface area contributed by atoms with Crippen LogP contribution in [0.3, 0.4) is 0 Å². The molecule has 0 spiro atoms. The molecule has 0 saturated carbocycles. The third kappa shape index (κ3) is 5.14. The molecule has 0 fully saturated rings. The Morgan fingerprint density at radius 3 is 2.27 bits per heavy atom. The zero-order valence-electron chi connectivity index (χ0n) is 16.7. The molecule has 1 aromatic heterocycles. The average molecular weight is 398 g/mol. The van der Waals surface area contributed by atoms with Gasteiger partial charge in [-0.15, -0.1) is 0 Å². The third-order valence-electron chi connectivity index (χ3n) is 4.58. The quantitative estimate of drug-likeness (QED) is 0.447. The highest BCUT2D eigenvalue weighted by molar-refractivity contribution is 5.84. The third-order valence-corrected chi connectivity index (χ3v) is 4.58. The maximum atomic E-state index is 11.0. The molecule has 3 aromatic carbocycles. The van der Waals surface area contributed by atoms with Crippen LogP contribution in [0.25, 0.3) is 10.8 Å². The Hall–Kier alpha value is -3.86. The largest absolute Gasteiger partial charge is 0.457 e. The van der Waals surface area contributed by atoms with Crippen molar-refractivity contribution in [3.05, 3.63) is 90.6 Å². The number of rotatable bonds is 7. The number of amides is 1. The van der Waals surface area contributed by atoms with Gasteiger partial charge in [0, 0.05) is 25.7 Å². The summed E-state index contributed by atoms with van der Waals surface area (Å²) in [7, 11) is 0. The molecule has 5 heteroatoms. The van der Waals surface area contributed by atoms with Crippen molar-refractivity contribution in [2.75, 3.05) is 6.54 Å². The number of benzene rings is 3. The Kier molecular flexibility index (Phi) is 5.90. The summed E-state index contributed by atoms with van der Waals surface area (Å²) in [5.74, 6) is 2.75. The van der Waals surface area contributed by atoms with E-state index < -0.39 is 0 Å². The molecule has 0 saturated heterocycles. The van der Waals surface area contributed by atoms with E-state index in [4.69, 9.17) is 9.47 Å². The fraction of sp³-hybridized carbons (Fsp3) is 0.120. The van der Waals surface area contributed by atoms with Crippen LogP contribution >= 0.6 is 0 Å². The van der Waals surface area contributed by atoms with Gasteiger partial charge >= 0.3 is 0 Å². The Balaban J connectivity index is 1.41. The molecule has 30 heavy (non-hydrogen) atoms. The van der Waals surface area contributed by atoms with E-state index in [-0.39, 0.29) is 5.91 Å². The summed E-state index contributed by atoms with van der Waals surface area (Å²) < 4.78 is 11.7. The van der Waals surface area contributed by atoms with Gasteiger partial charge in [0.2, 0.25) is 11.8 Å². The summed E-state index contributed by atoms with van der Waals surface area (Å²) in [5.41, 5.74) is 1.19. The summed E-state index contributed by atoms with van der Waals surface area (Å²) in [5, 5.41) is 5.07. The number of carbonyl (C=O) groups is 1. The van der Waals surface area contributed by atoms with E-state index in [0.29, 0.717) is 18.2 Å². The molecule has 0 unspecified atom stereocenters. The fourth-order valence-corrected chi connectivity index (χ4v) is 3.12. The topological polar surface area (TPSA) is 60.5 Å². The molecule has 0 radical (unpaired) electrons. The molecule has 5 nitrogen and oxygen atoms in total. The van der Waals surface area contributed by atoms with E-state index in [0.717, 1.165) is 28.7 Å². The highest BCUT2D eigenvalue weighted by atomic mass is 16.5. The number of nitrogens with one attached hydrogen (secondary N) is 1. The predicted molar refractivity (Wildman–Crippen MR) is 117 cm³/mol. The Bertz CT molecular complexity index is 1140. The van der Waals surface area contributed by atoms with E-state index in [2.05, 4.69) is 28.5 Å². The number of nitrogens with zero attached hydrogens (tertiary/aromatic N) is 1. The van der Waals surface area contributed by atoms with Crippen molar-refractivity contribution in [1.29, 1.82) is 0 Å². The first-order chi connectivity index (χ1) is 14.7. The minimum Gasteiger partial charge on any atom is -0.457 e. The summed E-state index contributed by atoms with van der Waals surface area (Å²) in [6.45, 7) is 2.17. The molecule has 4 aromatic rings. The van der Waals surface area contributed by atoms with Gasteiger partial charge in [0.15, 0.2) is 0 Å². The molecule has 0 aliphatic heterocycles. The van der Waals surface area contributed by atoms with Gasteiger partial charge in [-0.2, -0.15) is 0 Å². The first-order valence-electron chi connectivity index (χ1n) is 9.80. The number of fused-ring (bicyclic) bond motifs is 1. The predicted octanol–water partition coefficient (Wildman–Crippen LogP) is 5.50. The molecular formula is C25H22N2O3. The second-order valence-corrected chi connectivity index (χ2v) is 6.92. The molecule has 4 rings (SSSR count). The van der Waals surface area contributed by atoms with Crippen LogP contribution in [-0.2, 0) is 11.2 Å². The van der Waals surface area contributed by atoms with Crippen molar-refractivity contribution in [2.24, 2.45) is 0 Å². The smallest absolute Gasteiger partial charge is 0.219 e. The summed E-state index contributed by atoms with van der Waals surface area (Å²) in [6, 6.07) is 25.3. The summed E-state index contributed by atoms with van der Waals surface area (Å²) in [4.78, 5) is 15.2. The minimum atomic E-state index is -0.00564. The first-order valence-corrected chi connectivity index (χ1v) is 9.80. The van der Waals surface area contributed by atoms with Crippen LogP contribution in [0.5, 0.6) is 23.1 Å². The SMILES string of the molecule is CC(=O)NCCc1ccc2cc(Oc3ccc(Oc4ccccn4)cc3)ccc2c1. The Labute approximate surface area is 175 Å². The lowest BCUT2D eigenvalue weighted by Gasteiger charge is -2.09. The van der Waals surface area contributed by atoms with E-state index in [1.54, 1.807) is 6.20 Å². The summed E-state index contributed by atoms with van der Waals surface area (Å²) >= 11 is 0. The van der Waals surface area contributed by atoms with Crippen LogP contribution in [0.4, 0.5) is 0 Å². The number of hydrogen-bond acceptors (Lipinski definition) is 4. The van der Waals surface area contributed by atoms with Crippen molar-refractivity contribution in [2.45, 2.75) is 13.3 Å². The second kappa shape index (κ2) is 9.09. The van der Waals surface area contributed by atoms with Crippen molar-refractivity contribution in [3.63, 3.8) is 0 Å². The van der Waals surface area contributed by atoms with Crippen molar-refractivity contribution >= 4 is 16.7 Å². The molecule has 150 valence electrons. The number of aromatic nitrogens is 1. The number of carbonyl (C=O) groups excluding carboxylic acids is 1. The van der Waals surface area contributed by atoms with Gasteiger partial charge in [-0.25, -0.2) is 4.98 Å². The van der Waals surface area contributed by atoms with Crippen LogP contribution < -0.4 is 14.8 Å². The standard InChI is InChI=1S/C25H22N2O3/c1-18(28)26-15-13-19-5-6-21-17-24(8-7-20(21)16-19)29-22-9-11-23(12-10-22)30-25-4-2-3-14-27-25/h2-12,14,16-17H,13,15H2,1H3,(H,26,28). The van der Waals surface area contributed by atoms with Gasteiger partial charge in [-0.05, 0) is 65.2 Å². The van der Waals surface area contributed by atoms with Gasteiger partial charge in [-0.3, -0.25) is 4.79 Å². The van der Waals surface area contributed by atoms with E-state index >= 15 is 0 Å². The number of ether oxygens (including phenoxy) is 2. The maximum Gasteiger partial charge on any atom is 0.219 e. The average Bonchev–Trinajstić information content (AvgIpc) is 2.76. The van der Waals surface area contributed by atoms with Crippen LogP contribution in [0.2, 0.25) is 0 Å². The Morgan fingerprint density at radius 2 is 1.53 bits per heavy atom. The lowest BCUT2D eigenvalue weighted by atomic mass is 10.0.